The Balaban J connectivity index is 3.02. The Kier molecular flexibility index (Phi) is 5.42. The largest absolute Gasteiger partial charge is 0.392 e. The number of aliphatic hydroxyl groups is 1. The van der Waals surface area contributed by atoms with Crippen molar-refractivity contribution < 1.29 is 5.11 Å². The van der Waals surface area contributed by atoms with Crippen molar-refractivity contribution in [2.75, 3.05) is 11.9 Å². The predicted molar refractivity (Wildman–Crippen MR) is 72.3 cm³/mol. The summed E-state index contributed by atoms with van der Waals surface area (Å²) in [6, 6.07) is 4.47. The van der Waals surface area contributed by atoms with Crippen LogP contribution in [0.3, 0.4) is 0 Å². The Hall–Kier alpha value is -1.09. The standard InChI is InChI=1S/C14H24N2O/c1-5-12-8-11(10-17)9-14(15-12)16(4)13(6-2)7-3/h8-9,13,17H,5-7,10H2,1-4H3. The number of hydrogen-bond acceptors (Lipinski definition) is 3. The van der Waals surface area contributed by atoms with Crippen LogP contribution in [0.1, 0.15) is 44.9 Å². The molecule has 0 saturated carbocycles. The van der Waals surface area contributed by atoms with Crippen LogP contribution in [-0.2, 0) is 13.0 Å². The van der Waals surface area contributed by atoms with Crippen LogP contribution >= 0.6 is 0 Å². The lowest BCUT2D eigenvalue weighted by Gasteiger charge is -2.28. The quantitative estimate of drug-likeness (QED) is 0.825. The van der Waals surface area contributed by atoms with Crippen molar-refractivity contribution >= 4 is 5.82 Å². The van der Waals surface area contributed by atoms with Crippen molar-refractivity contribution in [3.05, 3.63) is 23.4 Å². The third-order valence-corrected chi connectivity index (χ3v) is 3.32. The summed E-state index contributed by atoms with van der Waals surface area (Å²) in [5.74, 6) is 0.974. The highest BCUT2D eigenvalue weighted by Gasteiger charge is 2.13. The molecule has 0 aliphatic carbocycles. The third kappa shape index (κ3) is 3.43. The maximum absolute atomic E-state index is 9.27. The molecule has 0 unspecified atom stereocenters. The first-order chi connectivity index (χ1) is 8.15. The molecule has 3 heteroatoms. The molecule has 0 spiro atoms. The molecule has 0 bridgehead atoms. The van der Waals surface area contributed by atoms with E-state index in [1.54, 1.807) is 0 Å². The minimum Gasteiger partial charge on any atom is -0.392 e. The first-order valence-corrected chi connectivity index (χ1v) is 6.49. The van der Waals surface area contributed by atoms with E-state index in [1.165, 1.54) is 0 Å². The van der Waals surface area contributed by atoms with Crippen LogP contribution in [0.4, 0.5) is 5.82 Å². The molecule has 0 saturated heterocycles. The number of hydrogen-bond donors (Lipinski definition) is 1. The second-order valence-electron chi connectivity index (χ2n) is 4.42. The average molecular weight is 236 g/mol. The summed E-state index contributed by atoms with van der Waals surface area (Å²) < 4.78 is 0. The van der Waals surface area contributed by atoms with E-state index in [4.69, 9.17) is 0 Å². The Bertz CT molecular complexity index is 326. The zero-order valence-electron chi connectivity index (χ0n) is 11.4. The van der Waals surface area contributed by atoms with Crippen LogP contribution in [-0.4, -0.2) is 23.2 Å². The number of aryl methyl sites for hydroxylation is 1. The van der Waals surface area contributed by atoms with Gasteiger partial charge in [0, 0.05) is 18.8 Å². The molecular weight excluding hydrogens is 212 g/mol. The average Bonchev–Trinajstić information content (AvgIpc) is 2.39. The predicted octanol–water partition coefficient (Wildman–Crippen LogP) is 2.76. The fourth-order valence-electron chi connectivity index (χ4n) is 2.11. The van der Waals surface area contributed by atoms with Gasteiger partial charge in [-0.25, -0.2) is 4.98 Å². The first kappa shape index (κ1) is 14.0. The van der Waals surface area contributed by atoms with Crippen molar-refractivity contribution in [3.63, 3.8) is 0 Å². The summed E-state index contributed by atoms with van der Waals surface area (Å²) in [5, 5.41) is 9.27. The minimum absolute atomic E-state index is 0.0826. The molecular formula is C14H24N2O. The Morgan fingerprint density at radius 3 is 2.35 bits per heavy atom. The molecule has 1 heterocycles. The smallest absolute Gasteiger partial charge is 0.129 e. The van der Waals surface area contributed by atoms with E-state index in [0.717, 1.165) is 36.3 Å². The van der Waals surface area contributed by atoms with E-state index in [0.29, 0.717) is 6.04 Å². The highest BCUT2D eigenvalue weighted by Crippen LogP contribution is 2.19. The number of pyridine rings is 1. The van der Waals surface area contributed by atoms with E-state index in [-0.39, 0.29) is 6.61 Å². The Morgan fingerprint density at radius 1 is 1.24 bits per heavy atom. The molecule has 1 N–H and O–H groups in total. The van der Waals surface area contributed by atoms with Crippen molar-refractivity contribution in [1.82, 2.24) is 4.98 Å². The summed E-state index contributed by atoms with van der Waals surface area (Å²) in [6.45, 7) is 6.56. The van der Waals surface area contributed by atoms with Gasteiger partial charge in [-0.3, -0.25) is 0 Å². The zero-order chi connectivity index (χ0) is 12.8. The lowest BCUT2D eigenvalue weighted by molar-refractivity contribution is 0.281. The molecule has 0 radical (unpaired) electrons. The molecule has 0 fully saturated rings. The van der Waals surface area contributed by atoms with Crippen molar-refractivity contribution in [2.24, 2.45) is 0 Å². The van der Waals surface area contributed by atoms with Crippen LogP contribution < -0.4 is 4.90 Å². The van der Waals surface area contributed by atoms with Gasteiger partial charge < -0.3 is 10.0 Å². The Morgan fingerprint density at radius 2 is 1.88 bits per heavy atom. The van der Waals surface area contributed by atoms with Gasteiger partial charge in [0.05, 0.1) is 6.61 Å². The van der Waals surface area contributed by atoms with Gasteiger partial charge in [0.2, 0.25) is 0 Å². The lowest BCUT2D eigenvalue weighted by Crippen LogP contribution is -2.31. The first-order valence-electron chi connectivity index (χ1n) is 6.49. The van der Waals surface area contributed by atoms with Crippen LogP contribution in [0, 0.1) is 0 Å². The molecule has 1 aromatic rings. The van der Waals surface area contributed by atoms with Gasteiger partial charge in [-0.1, -0.05) is 20.8 Å². The molecule has 3 nitrogen and oxygen atoms in total. The normalized spacial score (nSPS) is 10.9. The summed E-state index contributed by atoms with van der Waals surface area (Å²) >= 11 is 0. The van der Waals surface area contributed by atoms with Crippen molar-refractivity contribution in [2.45, 2.75) is 52.7 Å². The Labute approximate surface area is 104 Å². The lowest BCUT2D eigenvalue weighted by atomic mass is 10.1. The van der Waals surface area contributed by atoms with Gasteiger partial charge in [-0.15, -0.1) is 0 Å². The number of nitrogens with zero attached hydrogens (tertiary/aromatic N) is 2. The fraction of sp³-hybridized carbons (Fsp3) is 0.643. The molecule has 0 amide bonds. The van der Waals surface area contributed by atoms with Gasteiger partial charge in [0.1, 0.15) is 5.82 Å². The van der Waals surface area contributed by atoms with E-state index in [9.17, 15) is 5.11 Å². The molecule has 0 aromatic carbocycles. The minimum atomic E-state index is 0.0826. The van der Waals surface area contributed by atoms with E-state index >= 15 is 0 Å². The van der Waals surface area contributed by atoms with Gasteiger partial charge in [0.15, 0.2) is 0 Å². The summed E-state index contributed by atoms with van der Waals surface area (Å²) in [4.78, 5) is 6.85. The van der Waals surface area contributed by atoms with Gasteiger partial charge in [0.25, 0.3) is 0 Å². The molecule has 0 aliphatic rings. The highest BCUT2D eigenvalue weighted by atomic mass is 16.3. The van der Waals surface area contributed by atoms with Gasteiger partial charge >= 0.3 is 0 Å². The van der Waals surface area contributed by atoms with Gasteiger partial charge in [-0.2, -0.15) is 0 Å². The second-order valence-corrected chi connectivity index (χ2v) is 4.42. The molecule has 96 valence electrons. The van der Waals surface area contributed by atoms with Crippen molar-refractivity contribution in [1.29, 1.82) is 0 Å². The van der Waals surface area contributed by atoms with Crippen LogP contribution in [0.15, 0.2) is 12.1 Å². The number of rotatable bonds is 6. The second kappa shape index (κ2) is 6.60. The maximum atomic E-state index is 9.27. The summed E-state index contributed by atoms with van der Waals surface area (Å²) in [7, 11) is 2.08. The van der Waals surface area contributed by atoms with Gasteiger partial charge in [-0.05, 0) is 37.0 Å². The van der Waals surface area contributed by atoms with Crippen LogP contribution in [0.25, 0.3) is 0 Å². The van der Waals surface area contributed by atoms with E-state index < -0.39 is 0 Å². The van der Waals surface area contributed by atoms with E-state index in [2.05, 4.69) is 37.7 Å². The maximum Gasteiger partial charge on any atom is 0.129 e. The van der Waals surface area contributed by atoms with Crippen molar-refractivity contribution in [3.8, 4) is 0 Å². The SMILES string of the molecule is CCc1cc(CO)cc(N(C)C(CC)CC)n1. The molecule has 1 rings (SSSR count). The fourth-order valence-corrected chi connectivity index (χ4v) is 2.11. The molecule has 1 aromatic heterocycles. The molecule has 0 atom stereocenters. The number of anilines is 1. The summed E-state index contributed by atoms with van der Waals surface area (Å²) in [5.41, 5.74) is 1.99. The van der Waals surface area contributed by atoms with Crippen LogP contribution in [0.5, 0.6) is 0 Å². The van der Waals surface area contributed by atoms with E-state index in [1.807, 2.05) is 12.1 Å². The number of aromatic nitrogens is 1. The molecule has 0 aliphatic heterocycles. The molecule has 17 heavy (non-hydrogen) atoms. The third-order valence-electron chi connectivity index (χ3n) is 3.32. The summed E-state index contributed by atoms with van der Waals surface area (Å²) in [6.07, 6.45) is 3.12. The highest BCUT2D eigenvalue weighted by molar-refractivity contribution is 5.43. The monoisotopic (exact) mass is 236 g/mol. The van der Waals surface area contributed by atoms with Crippen LogP contribution in [0.2, 0.25) is 0 Å². The topological polar surface area (TPSA) is 36.4 Å². The zero-order valence-corrected chi connectivity index (χ0v) is 11.4. The number of aliphatic hydroxyl groups excluding tert-OH is 1.